The molecule has 8 heteroatoms. The first-order valence-corrected chi connectivity index (χ1v) is 8.84. The summed E-state index contributed by atoms with van der Waals surface area (Å²) in [5.74, 6) is -0.773. The van der Waals surface area contributed by atoms with Crippen LogP contribution in [0, 0.1) is 0 Å². The topological polar surface area (TPSA) is 102 Å². The van der Waals surface area contributed by atoms with Gasteiger partial charge in [-0.05, 0) is 23.8 Å². The molecule has 0 atom stereocenters. The van der Waals surface area contributed by atoms with Crippen molar-refractivity contribution in [3.63, 3.8) is 0 Å². The maximum absolute atomic E-state index is 12.5. The fraction of sp³-hybridized carbons (Fsp3) is 0.143. The third kappa shape index (κ3) is 5.07. The van der Waals surface area contributed by atoms with E-state index in [1.807, 2.05) is 30.3 Å². The van der Waals surface area contributed by atoms with Gasteiger partial charge in [-0.3, -0.25) is 14.3 Å². The minimum atomic E-state index is -0.498. The molecule has 0 unspecified atom stereocenters. The van der Waals surface area contributed by atoms with E-state index < -0.39 is 11.9 Å². The average molecular weight is 392 g/mol. The van der Waals surface area contributed by atoms with E-state index in [4.69, 9.17) is 0 Å². The normalized spacial score (nSPS) is 10.3. The predicted octanol–water partition coefficient (Wildman–Crippen LogP) is 2.64. The number of carbonyl (C=O) groups is 3. The van der Waals surface area contributed by atoms with Crippen LogP contribution in [0.4, 0.5) is 11.5 Å². The summed E-state index contributed by atoms with van der Waals surface area (Å²) in [5.41, 5.74) is 1.76. The van der Waals surface area contributed by atoms with E-state index in [1.54, 1.807) is 25.2 Å². The molecule has 3 rings (SSSR count). The molecule has 0 aliphatic heterocycles. The Labute approximate surface area is 167 Å². The van der Waals surface area contributed by atoms with Crippen LogP contribution in [0.25, 0.3) is 0 Å². The average Bonchev–Trinajstić information content (AvgIpc) is 3.08. The Kier molecular flexibility index (Phi) is 6.03. The largest absolute Gasteiger partial charge is 0.465 e. The zero-order valence-corrected chi connectivity index (χ0v) is 16.0. The van der Waals surface area contributed by atoms with Crippen LogP contribution in [0.2, 0.25) is 0 Å². The highest BCUT2D eigenvalue weighted by atomic mass is 16.5. The lowest BCUT2D eigenvalue weighted by atomic mass is 10.1. The monoisotopic (exact) mass is 392 g/mol. The van der Waals surface area contributed by atoms with Gasteiger partial charge in [-0.1, -0.05) is 36.4 Å². The van der Waals surface area contributed by atoms with Crippen molar-refractivity contribution in [2.24, 2.45) is 7.05 Å². The lowest BCUT2D eigenvalue weighted by molar-refractivity contribution is -0.115. The third-order valence-electron chi connectivity index (χ3n) is 4.13. The number of hydrogen-bond acceptors (Lipinski definition) is 5. The van der Waals surface area contributed by atoms with E-state index in [1.165, 1.54) is 23.9 Å². The Morgan fingerprint density at radius 3 is 2.48 bits per heavy atom. The molecule has 0 aliphatic carbocycles. The second-order valence-electron chi connectivity index (χ2n) is 6.28. The number of anilines is 2. The number of ether oxygens (including phenoxy) is 1. The number of benzene rings is 2. The Hall–Kier alpha value is -3.94. The number of hydrogen-bond donors (Lipinski definition) is 2. The molecule has 0 bridgehead atoms. The minimum absolute atomic E-state index is 0.131. The summed E-state index contributed by atoms with van der Waals surface area (Å²) >= 11 is 0. The molecule has 148 valence electrons. The number of amides is 2. The number of rotatable bonds is 6. The maximum atomic E-state index is 12.5. The van der Waals surface area contributed by atoms with Crippen molar-refractivity contribution in [2.75, 3.05) is 17.7 Å². The molecule has 29 heavy (non-hydrogen) atoms. The van der Waals surface area contributed by atoms with Crippen LogP contribution in [0.5, 0.6) is 0 Å². The third-order valence-corrected chi connectivity index (χ3v) is 4.13. The first-order valence-electron chi connectivity index (χ1n) is 8.84. The molecular weight excluding hydrogens is 372 g/mol. The molecule has 0 fully saturated rings. The summed E-state index contributed by atoms with van der Waals surface area (Å²) in [6.07, 6.45) is 0.216. The fourth-order valence-electron chi connectivity index (χ4n) is 2.70. The first-order chi connectivity index (χ1) is 14.0. The quantitative estimate of drug-likeness (QED) is 0.628. The van der Waals surface area contributed by atoms with E-state index in [2.05, 4.69) is 20.5 Å². The van der Waals surface area contributed by atoms with Crippen molar-refractivity contribution >= 4 is 29.3 Å². The predicted molar refractivity (Wildman–Crippen MR) is 108 cm³/mol. The molecule has 1 aromatic heterocycles. The van der Waals surface area contributed by atoms with Crippen LogP contribution >= 0.6 is 0 Å². The van der Waals surface area contributed by atoms with Gasteiger partial charge in [-0.15, -0.1) is 0 Å². The van der Waals surface area contributed by atoms with E-state index in [0.29, 0.717) is 17.1 Å². The SMILES string of the molecule is COC(=O)c1cccc(NC(=O)c2cc(NC(=O)Cc3ccccc3)n(C)n2)c1. The minimum Gasteiger partial charge on any atom is -0.465 e. The molecule has 0 radical (unpaired) electrons. The molecular formula is C21H20N4O4. The van der Waals surface area contributed by atoms with Gasteiger partial charge in [0.2, 0.25) is 5.91 Å². The van der Waals surface area contributed by atoms with E-state index >= 15 is 0 Å². The Morgan fingerprint density at radius 1 is 1.00 bits per heavy atom. The van der Waals surface area contributed by atoms with Crippen LogP contribution in [-0.4, -0.2) is 34.7 Å². The Morgan fingerprint density at radius 2 is 1.76 bits per heavy atom. The van der Waals surface area contributed by atoms with Gasteiger partial charge in [0.1, 0.15) is 5.82 Å². The maximum Gasteiger partial charge on any atom is 0.337 e. The van der Waals surface area contributed by atoms with Gasteiger partial charge in [0.05, 0.1) is 19.1 Å². The molecule has 2 amide bonds. The highest BCUT2D eigenvalue weighted by Crippen LogP contribution is 2.15. The van der Waals surface area contributed by atoms with Gasteiger partial charge in [0.15, 0.2) is 5.69 Å². The first kappa shape index (κ1) is 19.8. The number of nitrogens with one attached hydrogen (secondary N) is 2. The van der Waals surface area contributed by atoms with E-state index in [0.717, 1.165) is 5.56 Å². The fourth-order valence-corrected chi connectivity index (χ4v) is 2.70. The molecule has 0 spiro atoms. The van der Waals surface area contributed by atoms with Gasteiger partial charge in [-0.25, -0.2) is 4.79 Å². The second-order valence-corrected chi connectivity index (χ2v) is 6.28. The van der Waals surface area contributed by atoms with Crippen molar-refractivity contribution in [3.8, 4) is 0 Å². The molecule has 0 saturated heterocycles. The zero-order valence-electron chi connectivity index (χ0n) is 16.0. The second kappa shape index (κ2) is 8.83. The number of nitrogens with zero attached hydrogens (tertiary/aromatic N) is 2. The van der Waals surface area contributed by atoms with Crippen LogP contribution in [0.1, 0.15) is 26.4 Å². The number of carbonyl (C=O) groups excluding carboxylic acids is 3. The summed E-state index contributed by atoms with van der Waals surface area (Å²) in [5, 5.41) is 9.56. The summed E-state index contributed by atoms with van der Waals surface area (Å²) in [6, 6.07) is 17.2. The summed E-state index contributed by atoms with van der Waals surface area (Å²) < 4.78 is 6.09. The lowest BCUT2D eigenvalue weighted by Gasteiger charge is -2.05. The summed E-state index contributed by atoms with van der Waals surface area (Å²) in [6.45, 7) is 0. The number of aryl methyl sites for hydroxylation is 1. The van der Waals surface area contributed by atoms with Gasteiger partial charge in [0, 0.05) is 18.8 Å². The summed E-state index contributed by atoms with van der Waals surface area (Å²) in [4.78, 5) is 36.3. The van der Waals surface area contributed by atoms with Gasteiger partial charge >= 0.3 is 5.97 Å². The molecule has 0 aliphatic rings. The Bertz CT molecular complexity index is 1040. The van der Waals surface area contributed by atoms with Crippen molar-refractivity contribution in [2.45, 2.75) is 6.42 Å². The highest BCUT2D eigenvalue weighted by Gasteiger charge is 2.16. The van der Waals surface area contributed by atoms with E-state index in [9.17, 15) is 14.4 Å². The lowest BCUT2D eigenvalue weighted by Crippen LogP contribution is -2.16. The van der Waals surface area contributed by atoms with Gasteiger partial charge in [0.25, 0.3) is 5.91 Å². The molecule has 2 N–H and O–H groups in total. The molecule has 2 aromatic carbocycles. The zero-order chi connectivity index (χ0) is 20.8. The summed E-state index contributed by atoms with van der Waals surface area (Å²) in [7, 11) is 2.92. The van der Waals surface area contributed by atoms with Gasteiger partial charge in [-0.2, -0.15) is 5.10 Å². The molecule has 0 saturated carbocycles. The smallest absolute Gasteiger partial charge is 0.337 e. The van der Waals surface area contributed by atoms with Crippen molar-refractivity contribution in [3.05, 3.63) is 77.5 Å². The number of methoxy groups -OCH3 is 1. The number of esters is 1. The van der Waals surface area contributed by atoms with E-state index in [-0.39, 0.29) is 18.0 Å². The van der Waals surface area contributed by atoms with Crippen molar-refractivity contribution in [1.82, 2.24) is 9.78 Å². The van der Waals surface area contributed by atoms with Crippen molar-refractivity contribution < 1.29 is 19.1 Å². The van der Waals surface area contributed by atoms with Crippen molar-refractivity contribution in [1.29, 1.82) is 0 Å². The molecule has 8 nitrogen and oxygen atoms in total. The number of aromatic nitrogens is 2. The van der Waals surface area contributed by atoms with Crippen LogP contribution in [-0.2, 0) is 23.0 Å². The Balaban J connectivity index is 1.67. The van der Waals surface area contributed by atoms with Crippen LogP contribution in [0.15, 0.2) is 60.7 Å². The highest BCUT2D eigenvalue weighted by molar-refractivity contribution is 6.04. The van der Waals surface area contributed by atoms with Crippen LogP contribution in [0.3, 0.4) is 0 Å². The molecule has 3 aromatic rings. The van der Waals surface area contributed by atoms with Gasteiger partial charge < -0.3 is 15.4 Å². The standard InChI is InChI=1S/C21H20N4O4/c1-25-18(23-19(26)11-14-7-4-3-5-8-14)13-17(24-25)20(27)22-16-10-6-9-15(12-16)21(28)29-2/h3-10,12-13H,11H2,1-2H3,(H,22,27)(H,23,26). The molecule has 1 heterocycles. The van der Waals surface area contributed by atoms with Crippen LogP contribution < -0.4 is 10.6 Å².